The van der Waals surface area contributed by atoms with E-state index in [1.807, 2.05) is 0 Å². The number of rotatable bonds is 2. The summed E-state index contributed by atoms with van der Waals surface area (Å²) in [6, 6.07) is 6.52. The molecular weight excluding hydrogens is 248 g/mol. The Bertz CT molecular complexity index is 496. The van der Waals surface area contributed by atoms with Gasteiger partial charge < -0.3 is 5.32 Å². The molecule has 0 aromatic carbocycles. The smallest absolute Gasteiger partial charge is 0.132 e. The summed E-state index contributed by atoms with van der Waals surface area (Å²) in [6.07, 6.45) is 3.68. The van der Waals surface area contributed by atoms with Crippen LogP contribution >= 0.6 is 11.6 Å². The van der Waals surface area contributed by atoms with E-state index in [0.29, 0.717) is 22.8 Å². The number of nitrogens with one attached hydrogen (secondary N) is 1. The van der Waals surface area contributed by atoms with Crippen molar-refractivity contribution in [3.05, 3.63) is 22.8 Å². The number of halogens is 1. The number of anilines is 1. The van der Waals surface area contributed by atoms with Gasteiger partial charge in [0.2, 0.25) is 0 Å². The van der Waals surface area contributed by atoms with Crippen molar-refractivity contribution >= 4 is 17.4 Å². The number of nitriles is 1. The maximum absolute atomic E-state index is 8.93. The molecule has 5 heteroatoms. The highest BCUT2D eigenvalue weighted by atomic mass is 35.5. The lowest BCUT2D eigenvalue weighted by Crippen LogP contribution is -2.34. The molecule has 18 heavy (non-hydrogen) atoms. The van der Waals surface area contributed by atoms with Crippen molar-refractivity contribution in [1.29, 1.82) is 5.26 Å². The highest BCUT2D eigenvalue weighted by Crippen LogP contribution is 2.30. The van der Waals surface area contributed by atoms with Crippen LogP contribution in [0.25, 0.3) is 0 Å². The Morgan fingerprint density at radius 3 is 3.11 bits per heavy atom. The first-order valence-electron chi connectivity index (χ1n) is 6.34. The average Bonchev–Trinajstić information content (AvgIpc) is 2.93. The summed E-state index contributed by atoms with van der Waals surface area (Å²) in [6.45, 7) is 2.38. The number of pyridine rings is 1. The molecule has 1 N–H and O–H groups in total. The highest BCUT2D eigenvalue weighted by molar-refractivity contribution is 6.29. The maximum atomic E-state index is 8.93. The summed E-state index contributed by atoms with van der Waals surface area (Å²) in [5.41, 5.74) is 0.554. The van der Waals surface area contributed by atoms with Gasteiger partial charge in [0.15, 0.2) is 0 Å². The third-order valence-electron chi connectivity index (χ3n) is 3.86. The SMILES string of the molecule is N#Cc1cc(Cl)nc(NC2CCN3CCCC23)c1. The molecule has 2 unspecified atom stereocenters. The molecule has 3 rings (SSSR count). The van der Waals surface area contributed by atoms with Crippen LogP contribution in [-0.2, 0) is 0 Å². The normalized spacial score (nSPS) is 26.9. The predicted molar refractivity (Wildman–Crippen MR) is 70.6 cm³/mol. The van der Waals surface area contributed by atoms with Crippen molar-refractivity contribution in [3.63, 3.8) is 0 Å². The molecule has 0 aliphatic carbocycles. The van der Waals surface area contributed by atoms with E-state index < -0.39 is 0 Å². The summed E-state index contributed by atoms with van der Waals surface area (Å²) < 4.78 is 0. The zero-order valence-corrected chi connectivity index (χ0v) is 10.8. The first-order valence-corrected chi connectivity index (χ1v) is 6.72. The van der Waals surface area contributed by atoms with Gasteiger partial charge in [0.1, 0.15) is 11.0 Å². The Balaban J connectivity index is 1.77. The monoisotopic (exact) mass is 262 g/mol. The molecule has 0 amide bonds. The van der Waals surface area contributed by atoms with Gasteiger partial charge in [-0.15, -0.1) is 0 Å². The van der Waals surface area contributed by atoms with Gasteiger partial charge >= 0.3 is 0 Å². The van der Waals surface area contributed by atoms with Gasteiger partial charge in [0.25, 0.3) is 0 Å². The molecule has 2 fully saturated rings. The Kier molecular flexibility index (Phi) is 3.11. The topological polar surface area (TPSA) is 52.0 Å². The molecule has 0 spiro atoms. The fourth-order valence-electron chi connectivity index (χ4n) is 3.08. The second-order valence-corrected chi connectivity index (χ2v) is 5.35. The lowest BCUT2D eigenvalue weighted by Gasteiger charge is -2.21. The standard InChI is InChI=1S/C13H15ClN4/c14-12-6-9(8-15)7-13(17-12)16-10-3-5-18-4-1-2-11(10)18/h6-7,10-11H,1-5H2,(H,16,17). The third kappa shape index (κ3) is 2.16. The minimum Gasteiger partial charge on any atom is -0.366 e. The molecule has 0 saturated carbocycles. The molecule has 3 heterocycles. The average molecular weight is 263 g/mol. The Labute approximate surface area is 112 Å². The van der Waals surface area contributed by atoms with E-state index in [9.17, 15) is 0 Å². The van der Waals surface area contributed by atoms with Gasteiger partial charge in [-0.1, -0.05) is 11.6 Å². The summed E-state index contributed by atoms with van der Waals surface area (Å²) in [5, 5.41) is 12.7. The van der Waals surface area contributed by atoms with Gasteiger partial charge in [-0.2, -0.15) is 5.26 Å². The zero-order chi connectivity index (χ0) is 12.5. The van der Waals surface area contributed by atoms with Crippen molar-refractivity contribution in [2.75, 3.05) is 18.4 Å². The van der Waals surface area contributed by atoms with Crippen LogP contribution in [0.5, 0.6) is 0 Å². The first kappa shape index (κ1) is 11.8. The second-order valence-electron chi connectivity index (χ2n) is 4.96. The fourth-order valence-corrected chi connectivity index (χ4v) is 3.28. The van der Waals surface area contributed by atoms with E-state index in [0.717, 1.165) is 18.8 Å². The first-order chi connectivity index (χ1) is 8.76. The number of aromatic nitrogens is 1. The molecule has 2 aliphatic heterocycles. The summed E-state index contributed by atoms with van der Waals surface area (Å²) >= 11 is 5.91. The second kappa shape index (κ2) is 4.75. The number of hydrogen-bond donors (Lipinski definition) is 1. The molecule has 0 radical (unpaired) electrons. The van der Waals surface area contributed by atoms with Crippen LogP contribution in [-0.4, -0.2) is 35.1 Å². The molecule has 1 aromatic rings. The molecule has 2 aliphatic rings. The van der Waals surface area contributed by atoms with Crippen molar-refractivity contribution in [2.45, 2.75) is 31.3 Å². The van der Waals surface area contributed by atoms with Crippen LogP contribution in [0.4, 0.5) is 5.82 Å². The van der Waals surface area contributed by atoms with E-state index in [-0.39, 0.29) is 0 Å². The lowest BCUT2D eigenvalue weighted by atomic mass is 10.1. The lowest BCUT2D eigenvalue weighted by molar-refractivity contribution is 0.318. The maximum Gasteiger partial charge on any atom is 0.132 e. The van der Waals surface area contributed by atoms with Gasteiger partial charge in [-0.3, -0.25) is 4.90 Å². The van der Waals surface area contributed by atoms with E-state index in [4.69, 9.17) is 16.9 Å². The van der Waals surface area contributed by atoms with E-state index in [2.05, 4.69) is 21.3 Å². The van der Waals surface area contributed by atoms with Crippen LogP contribution in [0, 0.1) is 11.3 Å². The van der Waals surface area contributed by atoms with Crippen molar-refractivity contribution in [3.8, 4) is 6.07 Å². The van der Waals surface area contributed by atoms with Crippen molar-refractivity contribution < 1.29 is 0 Å². The number of fused-ring (bicyclic) bond motifs is 1. The van der Waals surface area contributed by atoms with Crippen molar-refractivity contribution in [2.24, 2.45) is 0 Å². The van der Waals surface area contributed by atoms with Gasteiger partial charge in [-0.05, 0) is 37.9 Å². The van der Waals surface area contributed by atoms with Gasteiger partial charge in [0.05, 0.1) is 11.6 Å². The summed E-state index contributed by atoms with van der Waals surface area (Å²) in [5.74, 6) is 0.720. The molecular formula is C13H15ClN4. The highest BCUT2D eigenvalue weighted by Gasteiger charge is 2.37. The minimum absolute atomic E-state index is 0.373. The summed E-state index contributed by atoms with van der Waals surface area (Å²) in [7, 11) is 0. The van der Waals surface area contributed by atoms with Crippen LogP contribution in [0.15, 0.2) is 12.1 Å². The Hall–Kier alpha value is -1.31. The molecule has 94 valence electrons. The zero-order valence-electron chi connectivity index (χ0n) is 10.1. The quantitative estimate of drug-likeness (QED) is 0.831. The molecule has 0 bridgehead atoms. The van der Waals surface area contributed by atoms with Crippen LogP contribution in [0.1, 0.15) is 24.8 Å². The van der Waals surface area contributed by atoms with E-state index in [1.165, 1.54) is 19.4 Å². The molecule has 1 aromatic heterocycles. The molecule has 2 atom stereocenters. The van der Waals surface area contributed by atoms with Crippen LogP contribution in [0.3, 0.4) is 0 Å². The van der Waals surface area contributed by atoms with E-state index in [1.54, 1.807) is 12.1 Å². The Morgan fingerprint density at radius 2 is 2.28 bits per heavy atom. The third-order valence-corrected chi connectivity index (χ3v) is 4.06. The predicted octanol–water partition coefficient (Wildman–Crippen LogP) is 2.26. The van der Waals surface area contributed by atoms with Crippen LogP contribution in [0.2, 0.25) is 5.15 Å². The van der Waals surface area contributed by atoms with E-state index >= 15 is 0 Å². The van der Waals surface area contributed by atoms with Gasteiger partial charge in [-0.25, -0.2) is 4.98 Å². The van der Waals surface area contributed by atoms with Gasteiger partial charge in [0, 0.05) is 18.6 Å². The largest absolute Gasteiger partial charge is 0.366 e. The summed E-state index contributed by atoms with van der Waals surface area (Å²) in [4.78, 5) is 6.78. The molecule has 2 saturated heterocycles. The van der Waals surface area contributed by atoms with Crippen molar-refractivity contribution in [1.82, 2.24) is 9.88 Å². The molecule has 4 nitrogen and oxygen atoms in total. The Morgan fingerprint density at radius 1 is 1.39 bits per heavy atom. The van der Waals surface area contributed by atoms with Crippen LogP contribution < -0.4 is 5.32 Å². The number of hydrogen-bond acceptors (Lipinski definition) is 4. The minimum atomic E-state index is 0.373. The fraction of sp³-hybridized carbons (Fsp3) is 0.538. The number of nitrogens with zero attached hydrogens (tertiary/aromatic N) is 3.